The lowest BCUT2D eigenvalue weighted by Crippen LogP contribution is -1.81. The molecule has 6 heteroatoms. The van der Waals surface area contributed by atoms with Gasteiger partial charge in [-0.25, -0.2) is 0 Å². The molecule has 0 saturated carbocycles. The van der Waals surface area contributed by atoms with Gasteiger partial charge >= 0.3 is 0 Å². The van der Waals surface area contributed by atoms with Crippen LogP contribution in [-0.2, 0) is 0 Å². The number of halogens is 1. The standard InChI is InChI=1S/C9H5ClN4S/c10-7-3-1-6(2-4-7)8-13-14-5-11-12-9(14)15-8/h1-5H. The van der Waals surface area contributed by atoms with Crippen LogP contribution in [0.5, 0.6) is 0 Å². The predicted octanol–water partition coefficient (Wildman–Crippen LogP) is 2.51. The van der Waals surface area contributed by atoms with Crippen molar-refractivity contribution in [3.63, 3.8) is 0 Å². The lowest BCUT2D eigenvalue weighted by molar-refractivity contribution is 0.960. The number of aromatic nitrogens is 4. The van der Waals surface area contributed by atoms with E-state index in [1.807, 2.05) is 24.3 Å². The smallest absolute Gasteiger partial charge is 0.190 e. The summed E-state index contributed by atoms with van der Waals surface area (Å²) in [5, 5.41) is 13.7. The van der Waals surface area contributed by atoms with Crippen LogP contribution >= 0.6 is 22.9 Å². The number of benzene rings is 1. The maximum Gasteiger partial charge on any atom is 0.234 e. The molecule has 2 aromatic heterocycles. The number of fused-ring (bicyclic) bond motifs is 1. The first-order valence-electron chi connectivity index (χ1n) is 4.26. The monoisotopic (exact) mass is 236 g/mol. The minimum absolute atomic E-state index is 0.724. The van der Waals surface area contributed by atoms with Gasteiger partial charge in [-0.15, -0.1) is 10.2 Å². The number of hydrogen-bond donors (Lipinski definition) is 0. The Bertz CT molecular complexity index is 569. The van der Waals surface area contributed by atoms with Gasteiger partial charge in [-0.3, -0.25) is 0 Å². The van der Waals surface area contributed by atoms with Crippen LogP contribution in [0.4, 0.5) is 0 Å². The molecule has 3 rings (SSSR count). The zero-order valence-electron chi connectivity index (χ0n) is 7.46. The molecule has 2 heterocycles. The molecule has 0 amide bonds. The van der Waals surface area contributed by atoms with E-state index in [2.05, 4.69) is 15.3 Å². The van der Waals surface area contributed by atoms with Gasteiger partial charge in [-0.05, 0) is 12.1 Å². The highest BCUT2D eigenvalue weighted by Crippen LogP contribution is 2.25. The molecular weight excluding hydrogens is 232 g/mol. The SMILES string of the molecule is Clc1ccc(-c2nn3cnnc3s2)cc1. The van der Waals surface area contributed by atoms with E-state index in [0.29, 0.717) is 0 Å². The Morgan fingerprint density at radius 2 is 2.00 bits per heavy atom. The number of nitrogens with zero attached hydrogens (tertiary/aromatic N) is 4. The van der Waals surface area contributed by atoms with Gasteiger partial charge in [-0.1, -0.05) is 35.1 Å². The third kappa shape index (κ3) is 1.49. The van der Waals surface area contributed by atoms with Gasteiger partial charge in [0.25, 0.3) is 0 Å². The first-order valence-corrected chi connectivity index (χ1v) is 5.45. The molecule has 0 saturated heterocycles. The second kappa shape index (κ2) is 3.29. The van der Waals surface area contributed by atoms with Crippen LogP contribution in [0, 0.1) is 0 Å². The fraction of sp³-hybridized carbons (Fsp3) is 0. The van der Waals surface area contributed by atoms with E-state index >= 15 is 0 Å². The molecule has 4 nitrogen and oxygen atoms in total. The molecule has 0 bridgehead atoms. The van der Waals surface area contributed by atoms with Gasteiger partial charge in [0.2, 0.25) is 4.96 Å². The van der Waals surface area contributed by atoms with E-state index < -0.39 is 0 Å². The lowest BCUT2D eigenvalue weighted by Gasteiger charge is -1.94. The van der Waals surface area contributed by atoms with E-state index in [1.165, 1.54) is 11.3 Å². The molecule has 0 unspecified atom stereocenters. The first-order chi connectivity index (χ1) is 7.33. The first kappa shape index (κ1) is 8.82. The fourth-order valence-corrected chi connectivity index (χ4v) is 2.22. The third-order valence-electron chi connectivity index (χ3n) is 1.98. The molecule has 0 atom stereocenters. The molecule has 0 aliphatic carbocycles. The highest BCUT2D eigenvalue weighted by atomic mass is 35.5. The molecule has 0 aliphatic heterocycles. The molecule has 0 radical (unpaired) electrons. The van der Waals surface area contributed by atoms with Gasteiger partial charge in [0.05, 0.1) is 0 Å². The molecule has 3 aromatic rings. The summed E-state index contributed by atoms with van der Waals surface area (Å²) < 4.78 is 1.66. The van der Waals surface area contributed by atoms with Crippen molar-refractivity contribution in [1.29, 1.82) is 0 Å². The van der Waals surface area contributed by atoms with Crippen molar-refractivity contribution in [2.75, 3.05) is 0 Å². The average molecular weight is 237 g/mol. The summed E-state index contributed by atoms with van der Waals surface area (Å²) in [6.45, 7) is 0. The summed E-state index contributed by atoms with van der Waals surface area (Å²) in [4.78, 5) is 0.792. The Kier molecular flexibility index (Phi) is 1.93. The summed E-state index contributed by atoms with van der Waals surface area (Å²) in [5.74, 6) is 0. The summed E-state index contributed by atoms with van der Waals surface area (Å²) in [6.07, 6.45) is 1.59. The van der Waals surface area contributed by atoms with Crippen molar-refractivity contribution in [3.05, 3.63) is 35.6 Å². The van der Waals surface area contributed by atoms with Crippen molar-refractivity contribution >= 4 is 27.9 Å². The Morgan fingerprint density at radius 3 is 2.73 bits per heavy atom. The normalized spacial score (nSPS) is 11.0. The molecule has 74 valence electrons. The highest BCUT2D eigenvalue weighted by Gasteiger charge is 2.06. The second-order valence-corrected chi connectivity index (χ2v) is 4.36. The maximum absolute atomic E-state index is 5.81. The summed E-state index contributed by atoms with van der Waals surface area (Å²) in [7, 11) is 0. The Labute approximate surface area is 94.1 Å². The van der Waals surface area contributed by atoms with Crippen molar-refractivity contribution in [1.82, 2.24) is 19.8 Å². The number of hydrogen-bond acceptors (Lipinski definition) is 4. The Morgan fingerprint density at radius 1 is 1.20 bits per heavy atom. The molecule has 0 N–H and O–H groups in total. The van der Waals surface area contributed by atoms with E-state index in [1.54, 1.807) is 10.8 Å². The van der Waals surface area contributed by atoms with Gasteiger partial charge in [0, 0.05) is 10.6 Å². The van der Waals surface area contributed by atoms with Crippen LogP contribution in [0.3, 0.4) is 0 Å². The van der Waals surface area contributed by atoms with Crippen LogP contribution in [0.1, 0.15) is 0 Å². The molecule has 15 heavy (non-hydrogen) atoms. The third-order valence-corrected chi connectivity index (χ3v) is 3.19. The summed E-state index contributed by atoms with van der Waals surface area (Å²) in [6, 6.07) is 7.57. The van der Waals surface area contributed by atoms with Crippen molar-refractivity contribution < 1.29 is 0 Å². The molecular formula is C9H5ClN4S. The molecule has 0 fully saturated rings. The Hall–Kier alpha value is -1.46. The van der Waals surface area contributed by atoms with Crippen LogP contribution in [0.2, 0.25) is 5.02 Å². The molecule has 1 aromatic carbocycles. The van der Waals surface area contributed by atoms with Crippen LogP contribution in [0.15, 0.2) is 30.6 Å². The quantitative estimate of drug-likeness (QED) is 0.652. The van der Waals surface area contributed by atoms with Crippen LogP contribution in [0.25, 0.3) is 15.5 Å². The minimum Gasteiger partial charge on any atom is -0.190 e. The van der Waals surface area contributed by atoms with Crippen molar-refractivity contribution in [2.24, 2.45) is 0 Å². The molecule has 0 spiro atoms. The van der Waals surface area contributed by atoms with E-state index in [0.717, 1.165) is 20.6 Å². The summed E-state index contributed by atoms with van der Waals surface area (Å²) in [5.41, 5.74) is 1.04. The topological polar surface area (TPSA) is 43.1 Å². The number of rotatable bonds is 1. The highest BCUT2D eigenvalue weighted by molar-refractivity contribution is 7.19. The zero-order chi connectivity index (χ0) is 10.3. The largest absolute Gasteiger partial charge is 0.234 e. The fourth-order valence-electron chi connectivity index (χ4n) is 1.27. The van der Waals surface area contributed by atoms with Gasteiger partial charge in [-0.2, -0.15) is 9.61 Å². The van der Waals surface area contributed by atoms with Gasteiger partial charge < -0.3 is 0 Å². The zero-order valence-corrected chi connectivity index (χ0v) is 9.03. The van der Waals surface area contributed by atoms with E-state index in [-0.39, 0.29) is 0 Å². The predicted molar refractivity (Wildman–Crippen MR) is 59.1 cm³/mol. The average Bonchev–Trinajstić information content (AvgIpc) is 2.78. The summed E-state index contributed by atoms with van der Waals surface area (Å²) >= 11 is 7.31. The van der Waals surface area contributed by atoms with Crippen LogP contribution < -0.4 is 0 Å². The van der Waals surface area contributed by atoms with E-state index in [9.17, 15) is 0 Å². The second-order valence-electron chi connectivity index (χ2n) is 2.97. The maximum atomic E-state index is 5.81. The minimum atomic E-state index is 0.724. The van der Waals surface area contributed by atoms with Crippen LogP contribution in [-0.4, -0.2) is 19.8 Å². The van der Waals surface area contributed by atoms with Crippen molar-refractivity contribution in [2.45, 2.75) is 0 Å². The van der Waals surface area contributed by atoms with Gasteiger partial charge in [0.1, 0.15) is 11.3 Å². The van der Waals surface area contributed by atoms with Gasteiger partial charge in [0.15, 0.2) is 0 Å². The Balaban J connectivity index is 2.13. The van der Waals surface area contributed by atoms with E-state index in [4.69, 9.17) is 11.6 Å². The molecule has 0 aliphatic rings. The lowest BCUT2D eigenvalue weighted by atomic mass is 10.2. The van der Waals surface area contributed by atoms with Crippen molar-refractivity contribution in [3.8, 4) is 10.6 Å².